The third kappa shape index (κ3) is 3.70. The average Bonchev–Trinajstić information content (AvgIpc) is 2.35. The molecule has 2 atom stereocenters. The van der Waals surface area contributed by atoms with Gasteiger partial charge in [-0.05, 0) is 18.1 Å². The molecule has 1 aromatic rings. The van der Waals surface area contributed by atoms with Gasteiger partial charge in [0.1, 0.15) is 11.7 Å². The van der Waals surface area contributed by atoms with Crippen molar-refractivity contribution < 1.29 is 14.7 Å². The largest absolute Gasteiger partial charge is 0.480 e. The maximum atomic E-state index is 11.8. The van der Waals surface area contributed by atoms with Crippen LogP contribution in [0.2, 0.25) is 5.02 Å². The van der Waals surface area contributed by atoms with Crippen molar-refractivity contribution in [3.63, 3.8) is 0 Å². The van der Waals surface area contributed by atoms with E-state index in [4.69, 9.17) is 16.7 Å². The normalized spacial score (nSPS) is 13.7. The van der Waals surface area contributed by atoms with Gasteiger partial charge in [-0.2, -0.15) is 0 Å². The predicted octanol–water partition coefficient (Wildman–Crippen LogP) is 1.96. The van der Waals surface area contributed by atoms with E-state index >= 15 is 0 Å². The van der Waals surface area contributed by atoms with Crippen LogP contribution >= 0.6 is 11.6 Å². The molecule has 2 N–H and O–H groups in total. The summed E-state index contributed by atoms with van der Waals surface area (Å²) in [5, 5.41) is 11.9. The summed E-state index contributed by atoms with van der Waals surface area (Å²) in [7, 11) is 0. The number of hydrogen-bond acceptors (Lipinski definition) is 3. The summed E-state index contributed by atoms with van der Waals surface area (Å²) in [5.41, 5.74) is 0.147. The first-order valence-corrected chi connectivity index (χ1v) is 5.98. The van der Waals surface area contributed by atoms with Crippen molar-refractivity contribution in [2.24, 2.45) is 5.92 Å². The fourth-order valence-electron chi connectivity index (χ4n) is 1.41. The van der Waals surface area contributed by atoms with Gasteiger partial charge in [0.25, 0.3) is 5.91 Å². The molecule has 0 saturated heterocycles. The van der Waals surface area contributed by atoms with Crippen LogP contribution in [0.5, 0.6) is 0 Å². The molecule has 0 aliphatic rings. The molecule has 6 heteroatoms. The van der Waals surface area contributed by atoms with Crippen molar-refractivity contribution in [2.45, 2.75) is 26.3 Å². The number of nitrogens with one attached hydrogen (secondary N) is 1. The first-order chi connectivity index (χ1) is 8.45. The van der Waals surface area contributed by atoms with Gasteiger partial charge in [0.2, 0.25) is 0 Å². The van der Waals surface area contributed by atoms with Crippen molar-refractivity contribution in [3.05, 3.63) is 29.0 Å². The molecule has 1 rings (SSSR count). The molecule has 0 spiro atoms. The number of carbonyl (C=O) groups is 2. The van der Waals surface area contributed by atoms with E-state index in [0.29, 0.717) is 11.4 Å². The minimum Gasteiger partial charge on any atom is -0.480 e. The van der Waals surface area contributed by atoms with Crippen molar-refractivity contribution in [3.8, 4) is 0 Å². The Balaban J connectivity index is 2.78. The number of carboxylic acid groups (broad SMARTS) is 1. The second-order valence-corrected chi connectivity index (χ2v) is 4.47. The number of halogens is 1. The fraction of sp³-hybridized carbons (Fsp3) is 0.417. The van der Waals surface area contributed by atoms with Gasteiger partial charge >= 0.3 is 5.97 Å². The summed E-state index contributed by atoms with van der Waals surface area (Å²) < 4.78 is 0. The predicted molar refractivity (Wildman–Crippen MR) is 67.6 cm³/mol. The molecule has 1 aromatic heterocycles. The summed E-state index contributed by atoms with van der Waals surface area (Å²) in [4.78, 5) is 26.7. The lowest BCUT2D eigenvalue weighted by atomic mass is 9.99. The molecule has 5 nitrogen and oxygen atoms in total. The van der Waals surface area contributed by atoms with E-state index in [1.54, 1.807) is 6.92 Å². The first-order valence-electron chi connectivity index (χ1n) is 5.61. The van der Waals surface area contributed by atoms with Gasteiger partial charge in [-0.15, -0.1) is 0 Å². The molecule has 18 heavy (non-hydrogen) atoms. The second-order valence-electron chi connectivity index (χ2n) is 4.04. The molecule has 0 aromatic carbocycles. The SMILES string of the molecule is CC[C@H](C)[C@H](NC(=O)c1ccc(Cl)cn1)C(=O)O. The molecular formula is C12H15ClN2O3. The number of carboxylic acids is 1. The zero-order valence-electron chi connectivity index (χ0n) is 10.2. The Morgan fingerprint density at radius 2 is 2.17 bits per heavy atom. The molecule has 0 aliphatic carbocycles. The average molecular weight is 271 g/mol. The van der Waals surface area contributed by atoms with Crippen LogP contribution in [0.25, 0.3) is 0 Å². The number of carbonyl (C=O) groups excluding carboxylic acids is 1. The number of rotatable bonds is 5. The zero-order valence-corrected chi connectivity index (χ0v) is 10.9. The smallest absolute Gasteiger partial charge is 0.326 e. The van der Waals surface area contributed by atoms with Crippen LogP contribution in [0.3, 0.4) is 0 Å². The Hall–Kier alpha value is -1.62. The molecule has 0 bridgehead atoms. The van der Waals surface area contributed by atoms with Crippen LogP contribution < -0.4 is 5.32 Å². The molecule has 98 valence electrons. The molecular weight excluding hydrogens is 256 g/mol. The van der Waals surface area contributed by atoms with E-state index in [1.807, 2.05) is 6.92 Å². The molecule has 1 amide bonds. The van der Waals surface area contributed by atoms with Crippen molar-refractivity contribution in [1.29, 1.82) is 0 Å². The number of pyridine rings is 1. The lowest BCUT2D eigenvalue weighted by Crippen LogP contribution is -2.45. The Labute approximate surface area is 110 Å². The van der Waals surface area contributed by atoms with E-state index < -0.39 is 17.9 Å². The summed E-state index contributed by atoms with van der Waals surface area (Å²) >= 11 is 5.66. The minimum atomic E-state index is -1.05. The Morgan fingerprint density at radius 3 is 2.61 bits per heavy atom. The van der Waals surface area contributed by atoms with Gasteiger partial charge < -0.3 is 10.4 Å². The topological polar surface area (TPSA) is 79.3 Å². The van der Waals surface area contributed by atoms with Gasteiger partial charge in [0.05, 0.1) is 5.02 Å². The maximum absolute atomic E-state index is 11.8. The number of aromatic nitrogens is 1. The number of nitrogens with zero attached hydrogens (tertiary/aromatic N) is 1. The van der Waals surface area contributed by atoms with Crippen molar-refractivity contribution in [2.75, 3.05) is 0 Å². The molecule has 0 unspecified atom stereocenters. The van der Waals surface area contributed by atoms with Crippen LogP contribution in [-0.2, 0) is 4.79 Å². The number of aliphatic carboxylic acids is 1. The van der Waals surface area contributed by atoms with Gasteiger partial charge in [-0.1, -0.05) is 31.9 Å². The highest BCUT2D eigenvalue weighted by Crippen LogP contribution is 2.10. The van der Waals surface area contributed by atoms with Crippen LogP contribution in [0.4, 0.5) is 0 Å². The van der Waals surface area contributed by atoms with E-state index in [0.717, 1.165) is 0 Å². The van der Waals surface area contributed by atoms with Crippen LogP contribution in [-0.4, -0.2) is 28.0 Å². The van der Waals surface area contributed by atoms with E-state index in [-0.39, 0.29) is 11.6 Å². The second kappa shape index (κ2) is 6.35. The van der Waals surface area contributed by atoms with Gasteiger partial charge in [0.15, 0.2) is 0 Å². The maximum Gasteiger partial charge on any atom is 0.326 e. The Kier molecular flexibility index (Phi) is 5.09. The third-order valence-corrected chi connectivity index (χ3v) is 2.95. The zero-order chi connectivity index (χ0) is 13.7. The summed E-state index contributed by atoms with van der Waals surface area (Å²) in [6.07, 6.45) is 2.00. The highest BCUT2D eigenvalue weighted by atomic mass is 35.5. The molecule has 1 heterocycles. The summed E-state index contributed by atoms with van der Waals surface area (Å²) in [6, 6.07) is 2.07. The van der Waals surface area contributed by atoms with Crippen LogP contribution in [0, 0.1) is 5.92 Å². The third-order valence-electron chi connectivity index (χ3n) is 2.73. The molecule has 0 aliphatic heterocycles. The van der Waals surface area contributed by atoms with Gasteiger partial charge in [-0.3, -0.25) is 4.79 Å². The van der Waals surface area contributed by atoms with Crippen molar-refractivity contribution >= 4 is 23.5 Å². The monoisotopic (exact) mass is 270 g/mol. The lowest BCUT2D eigenvalue weighted by Gasteiger charge is -2.19. The fourth-order valence-corrected chi connectivity index (χ4v) is 1.52. The highest BCUT2D eigenvalue weighted by molar-refractivity contribution is 6.30. The van der Waals surface area contributed by atoms with Gasteiger partial charge in [-0.25, -0.2) is 9.78 Å². The first kappa shape index (κ1) is 14.4. The Bertz CT molecular complexity index is 433. The van der Waals surface area contributed by atoms with Crippen LogP contribution in [0.1, 0.15) is 30.8 Å². The van der Waals surface area contributed by atoms with E-state index in [2.05, 4.69) is 10.3 Å². The van der Waals surface area contributed by atoms with Crippen LogP contribution in [0.15, 0.2) is 18.3 Å². The minimum absolute atomic E-state index is 0.147. The lowest BCUT2D eigenvalue weighted by molar-refractivity contribution is -0.140. The standard InChI is InChI=1S/C12H15ClN2O3/c1-3-7(2)10(12(17)18)15-11(16)9-5-4-8(13)6-14-9/h4-7,10H,3H2,1-2H3,(H,15,16)(H,17,18)/t7-,10-/m0/s1. The molecule has 0 radical (unpaired) electrons. The van der Waals surface area contributed by atoms with Crippen molar-refractivity contribution in [1.82, 2.24) is 10.3 Å². The molecule has 0 saturated carbocycles. The highest BCUT2D eigenvalue weighted by Gasteiger charge is 2.25. The van der Waals surface area contributed by atoms with E-state index in [9.17, 15) is 9.59 Å². The van der Waals surface area contributed by atoms with Gasteiger partial charge in [0, 0.05) is 6.20 Å². The van der Waals surface area contributed by atoms with E-state index in [1.165, 1.54) is 18.3 Å². The molecule has 0 fully saturated rings. The quantitative estimate of drug-likeness (QED) is 0.857. The summed E-state index contributed by atoms with van der Waals surface area (Å²) in [6.45, 7) is 3.64. The Morgan fingerprint density at radius 1 is 1.50 bits per heavy atom. The summed E-state index contributed by atoms with van der Waals surface area (Å²) in [5.74, 6) is -1.72. The number of amides is 1. The number of hydrogen-bond donors (Lipinski definition) is 2.